The van der Waals surface area contributed by atoms with Crippen molar-refractivity contribution in [1.82, 2.24) is 14.9 Å². The lowest BCUT2D eigenvalue weighted by atomic mass is 9.79. The standard InChI is InChI=1S/C14H25N3O/c1-12-16-7-9-17(12)8-6-15-10-13-4-2-3-5-14(13)11-18/h7,9,13-15,18H,2-6,8,10-11H2,1H3. The zero-order valence-corrected chi connectivity index (χ0v) is 11.3. The molecule has 0 aromatic carbocycles. The van der Waals surface area contributed by atoms with Crippen LogP contribution in [0.2, 0.25) is 0 Å². The summed E-state index contributed by atoms with van der Waals surface area (Å²) < 4.78 is 2.16. The fourth-order valence-electron chi connectivity index (χ4n) is 2.92. The SMILES string of the molecule is Cc1nccn1CCNCC1CCCCC1CO. The maximum Gasteiger partial charge on any atom is 0.105 e. The molecule has 0 aliphatic heterocycles. The Hall–Kier alpha value is -0.870. The van der Waals surface area contributed by atoms with Crippen molar-refractivity contribution in [2.45, 2.75) is 39.2 Å². The number of hydrogen-bond acceptors (Lipinski definition) is 3. The van der Waals surface area contributed by atoms with Crippen molar-refractivity contribution in [2.75, 3.05) is 19.7 Å². The smallest absolute Gasteiger partial charge is 0.105 e. The van der Waals surface area contributed by atoms with Crippen LogP contribution in [0.4, 0.5) is 0 Å². The van der Waals surface area contributed by atoms with Gasteiger partial charge in [0.2, 0.25) is 0 Å². The highest BCUT2D eigenvalue weighted by atomic mass is 16.3. The van der Waals surface area contributed by atoms with Gasteiger partial charge in [-0.05, 0) is 38.1 Å². The van der Waals surface area contributed by atoms with Crippen molar-refractivity contribution in [3.05, 3.63) is 18.2 Å². The van der Waals surface area contributed by atoms with E-state index in [1.807, 2.05) is 19.3 Å². The van der Waals surface area contributed by atoms with Crippen molar-refractivity contribution in [1.29, 1.82) is 0 Å². The first-order valence-corrected chi connectivity index (χ1v) is 7.10. The minimum absolute atomic E-state index is 0.354. The quantitative estimate of drug-likeness (QED) is 0.755. The zero-order valence-electron chi connectivity index (χ0n) is 11.3. The summed E-state index contributed by atoms with van der Waals surface area (Å²) in [6.45, 7) is 5.38. The molecule has 1 aromatic heterocycles. The lowest BCUT2D eigenvalue weighted by molar-refractivity contribution is 0.133. The summed E-state index contributed by atoms with van der Waals surface area (Å²) in [5.41, 5.74) is 0. The maximum atomic E-state index is 9.36. The summed E-state index contributed by atoms with van der Waals surface area (Å²) >= 11 is 0. The zero-order chi connectivity index (χ0) is 12.8. The van der Waals surface area contributed by atoms with E-state index in [1.165, 1.54) is 25.7 Å². The predicted molar refractivity (Wildman–Crippen MR) is 72.4 cm³/mol. The number of imidazole rings is 1. The highest BCUT2D eigenvalue weighted by Gasteiger charge is 2.23. The number of nitrogens with one attached hydrogen (secondary N) is 1. The van der Waals surface area contributed by atoms with Gasteiger partial charge < -0.3 is 15.0 Å². The van der Waals surface area contributed by atoms with Gasteiger partial charge in [-0.25, -0.2) is 4.98 Å². The second-order valence-corrected chi connectivity index (χ2v) is 5.36. The van der Waals surface area contributed by atoms with Gasteiger partial charge in [-0.15, -0.1) is 0 Å². The van der Waals surface area contributed by atoms with Crippen molar-refractivity contribution < 1.29 is 5.11 Å². The normalized spacial score (nSPS) is 24.3. The number of aromatic nitrogens is 2. The molecular weight excluding hydrogens is 226 g/mol. The number of aliphatic hydroxyl groups excluding tert-OH is 1. The molecule has 4 nitrogen and oxygen atoms in total. The molecule has 1 aromatic rings. The molecule has 0 amide bonds. The predicted octanol–water partition coefficient (Wildman–Crippen LogP) is 1.58. The molecule has 1 aliphatic rings. The average Bonchev–Trinajstić information content (AvgIpc) is 2.81. The topological polar surface area (TPSA) is 50.1 Å². The molecule has 4 heteroatoms. The minimum Gasteiger partial charge on any atom is -0.396 e. The molecule has 0 radical (unpaired) electrons. The third-order valence-electron chi connectivity index (χ3n) is 4.16. The van der Waals surface area contributed by atoms with Crippen LogP contribution in [-0.2, 0) is 6.54 Å². The van der Waals surface area contributed by atoms with Crippen LogP contribution in [0.3, 0.4) is 0 Å². The Morgan fingerprint density at radius 1 is 1.39 bits per heavy atom. The first kappa shape index (κ1) is 13.6. The van der Waals surface area contributed by atoms with Gasteiger partial charge in [0.1, 0.15) is 5.82 Å². The molecule has 2 rings (SSSR count). The van der Waals surface area contributed by atoms with Gasteiger partial charge in [0.05, 0.1) is 0 Å². The lowest BCUT2D eigenvalue weighted by Crippen LogP contribution is -2.33. The van der Waals surface area contributed by atoms with Crippen LogP contribution in [0.5, 0.6) is 0 Å². The Kier molecular flexibility index (Phi) is 5.20. The van der Waals surface area contributed by atoms with E-state index in [1.54, 1.807) is 0 Å². The van der Waals surface area contributed by atoms with Gasteiger partial charge in [0.25, 0.3) is 0 Å². The molecule has 0 bridgehead atoms. The summed E-state index contributed by atoms with van der Waals surface area (Å²) in [4.78, 5) is 4.21. The van der Waals surface area contributed by atoms with Gasteiger partial charge >= 0.3 is 0 Å². The van der Waals surface area contributed by atoms with E-state index in [-0.39, 0.29) is 0 Å². The Balaban J connectivity index is 1.67. The van der Waals surface area contributed by atoms with Crippen LogP contribution in [0.1, 0.15) is 31.5 Å². The molecule has 18 heavy (non-hydrogen) atoms. The Bertz CT molecular complexity index is 351. The molecule has 2 unspecified atom stereocenters. The maximum absolute atomic E-state index is 9.36. The fourth-order valence-corrected chi connectivity index (χ4v) is 2.92. The highest BCUT2D eigenvalue weighted by molar-refractivity contribution is 4.88. The van der Waals surface area contributed by atoms with E-state index in [2.05, 4.69) is 14.9 Å². The van der Waals surface area contributed by atoms with Crippen LogP contribution in [0, 0.1) is 18.8 Å². The van der Waals surface area contributed by atoms with Gasteiger partial charge in [0, 0.05) is 32.1 Å². The summed E-state index contributed by atoms with van der Waals surface area (Å²) in [6, 6.07) is 0. The second kappa shape index (κ2) is 6.90. The van der Waals surface area contributed by atoms with E-state index in [9.17, 15) is 5.11 Å². The molecule has 1 fully saturated rings. The van der Waals surface area contributed by atoms with E-state index >= 15 is 0 Å². The highest BCUT2D eigenvalue weighted by Crippen LogP contribution is 2.28. The molecule has 1 heterocycles. The third kappa shape index (κ3) is 3.56. The molecule has 0 saturated heterocycles. The number of aryl methyl sites for hydroxylation is 1. The summed E-state index contributed by atoms with van der Waals surface area (Å²) in [5, 5.41) is 12.9. The van der Waals surface area contributed by atoms with Crippen LogP contribution in [0.25, 0.3) is 0 Å². The summed E-state index contributed by atoms with van der Waals surface area (Å²) in [7, 11) is 0. The van der Waals surface area contributed by atoms with E-state index in [0.29, 0.717) is 18.4 Å². The monoisotopic (exact) mass is 251 g/mol. The Labute approximate surface area is 109 Å². The average molecular weight is 251 g/mol. The molecule has 2 atom stereocenters. The third-order valence-corrected chi connectivity index (χ3v) is 4.16. The second-order valence-electron chi connectivity index (χ2n) is 5.36. The van der Waals surface area contributed by atoms with Crippen LogP contribution in [-0.4, -0.2) is 34.4 Å². The first-order chi connectivity index (χ1) is 8.81. The van der Waals surface area contributed by atoms with Crippen molar-refractivity contribution in [3.63, 3.8) is 0 Å². The summed E-state index contributed by atoms with van der Waals surface area (Å²) in [5.74, 6) is 2.25. The molecule has 1 aliphatic carbocycles. The molecular formula is C14H25N3O. The molecule has 2 N–H and O–H groups in total. The van der Waals surface area contributed by atoms with E-state index in [0.717, 1.165) is 25.5 Å². The van der Waals surface area contributed by atoms with Crippen LogP contribution in [0.15, 0.2) is 12.4 Å². The fraction of sp³-hybridized carbons (Fsp3) is 0.786. The number of nitrogens with zero attached hydrogens (tertiary/aromatic N) is 2. The lowest BCUT2D eigenvalue weighted by Gasteiger charge is -2.30. The summed E-state index contributed by atoms with van der Waals surface area (Å²) in [6.07, 6.45) is 8.94. The van der Waals surface area contributed by atoms with Gasteiger partial charge in [-0.1, -0.05) is 12.8 Å². The van der Waals surface area contributed by atoms with E-state index in [4.69, 9.17) is 0 Å². The van der Waals surface area contributed by atoms with Gasteiger partial charge in [-0.3, -0.25) is 0 Å². The molecule has 102 valence electrons. The first-order valence-electron chi connectivity index (χ1n) is 7.10. The molecule has 0 spiro atoms. The largest absolute Gasteiger partial charge is 0.396 e. The van der Waals surface area contributed by atoms with Crippen LogP contribution >= 0.6 is 0 Å². The van der Waals surface area contributed by atoms with E-state index < -0.39 is 0 Å². The van der Waals surface area contributed by atoms with Crippen molar-refractivity contribution >= 4 is 0 Å². The number of hydrogen-bond donors (Lipinski definition) is 2. The molecule has 1 saturated carbocycles. The minimum atomic E-state index is 0.354. The van der Waals surface area contributed by atoms with Gasteiger partial charge in [0.15, 0.2) is 0 Å². The number of aliphatic hydroxyl groups is 1. The van der Waals surface area contributed by atoms with Crippen molar-refractivity contribution in [3.8, 4) is 0 Å². The van der Waals surface area contributed by atoms with Gasteiger partial charge in [-0.2, -0.15) is 0 Å². The van der Waals surface area contributed by atoms with Crippen molar-refractivity contribution in [2.24, 2.45) is 11.8 Å². The Morgan fingerprint density at radius 3 is 2.83 bits per heavy atom. The Morgan fingerprint density at radius 2 is 2.17 bits per heavy atom. The number of rotatable bonds is 6. The van der Waals surface area contributed by atoms with Crippen LogP contribution < -0.4 is 5.32 Å².